The van der Waals surface area contributed by atoms with Crippen molar-refractivity contribution in [3.8, 4) is 0 Å². The zero-order valence-corrected chi connectivity index (χ0v) is 12.6. The van der Waals surface area contributed by atoms with E-state index in [1.807, 2.05) is 26.8 Å². The molecule has 0 radical (unpaired) electrons. The number of anilines is 2. The standard InChI is InChI=1S/C14H22N2O2S/c1-9(2)12(17)13-10(15)8-11(19-13)16-6-4-14(3,18)5-7-16/h8-9,18H,4-7,15H2,1-3H3. The molecule has 1 aromatic rings. The summed E-state index contributed by atoms with van der Waals surface area (Å²) in [6, 6.07) is 1.89. The molecule has 0 atom stereocenters. The molecule has 1 fully saturated rings. The normalized spacial score (nSPS) is 18.9. The van der Waals surface area contributed by atoms with Crippen LogP contribution in [0.4, 0.5) is 10.7 Å². The molecule has 1 aromatic heterocycles. The fourth-order valence-electron chi connectivity index (χ4n) is 2.21. The zero-order chi connectivity index (χ0) is 14.2. The Morgan fingerprint density at radius 1 is 1.47 bits per heavy atom. The molecule has 0 aromatic carbocycles. The molecule has 106 valence electrons. The van der Waals surface area contributed by atoms with Crippen LogP contribution >= 0.6 is 11.3 Å². The monoisotopic (exact) mass is 282 g/mol. The molecule has 19 heavy (non-hydrogen) atoms. The van der Waals surface area contributed by atoms with E-state index in [0.29, 0.717) is 10.6 Å². The van der Waals surface area contributed by atoms with E-state index in [9.17, 15) is 9.90 Å². The molecule has 1 saturated heterocycles. The Hall–Kier alpha value is -1.07. The maximum absolute atomic E-state index is 12.0. The zero-order valence-electron chi connectivity index (χ0n) is 11.8. The van der Waals surface area contributed by atoms with Gasteiger partial charge in [0.2, 0.25) is 0 Å². The maximum Gasteiger partial charge on any atom is 0.177 e. The van der Waals surface area contributed by atoms with Crippen molar-refractivity contribution in [3.63, 3.8) is 0 Å². The third kappa shape index (κ3) is 3.09. The summed E-state index contributed by atoms with van der Waals surface area (Å²) in [5.74, 6) is 0.0774. The summed E-state index contributed by atoms with van der Waals surface area (Å²) in [5.41, 5.74) is 5.97. The minimum absolute atomic E-state index is 0.0316. The van der Waals surface area contributed by atoms with Gasteiger partial charge in [-0.25, -0.2) is 0 Å². The van der Waals surface area contributed by atoms with Gasteiger partial charge in [-0.1, -0.05) is 13.8 Å². The second kappa shape index (κ2) is 5.13. The largest absolute Gasteiger partial charge is 0.397 e. The SMILES string of the molecule is CC(C)C(=O)c1sc(N2CCC(C)(O)CC2)cc1N. The first-order valence-corrected chi connectivity index (χ1v) is 7.53. The van der Waals surface area contributed by atoms with Crippen molar-refractivity contribution in [2.45, 2.75) is 39.2 Å². The second-order valence-electron chi connectivity index (χ2n) is 5.87. The van der Waals surface area contributed by atoms with Crippen LogP contribution < -0.4 is 10.6 Å². The van der Waals surface area contributed by atoms with Gasteiger partial charge in [-0.15, -0.1) is 11.3 Å². The molecule has 0 saturated carbocycles. The van der Waals surface area contributed by atoms with Gasteiger partial charge in [-0.05, 0) is 25.8 Å². The number of aliphatic hydroxyl groups is 1. The third-order valence-electron chi connectivity index (χ3n) is 3.65. The average Bonchev–Trinajstić information content (AvgIpc) is 2.70. The van der Waals surface area contributed by atoms with Gasteiger partial charge in [0.15, 0.2) is 5.78 Å². The summed E-state index contributed by atoms with van der Waals surface area (Å²) in [7, 11) is 0. The van der Waals surface area contributed by atoms with Crippen molar-refractivity contribution >= 4 is 27.8 Å². The van der Waals surface area contributed by atoms with Crippen molar-refractivity contribution in [2.75, 3.05) is 23.7 Å². The molecular weight excluding hydrogens is 260 g/mol. The number of hydrogen-bond acceptors (Lipinski definition) is 5. The first-order chi connectivity index (χ1) is 8.80. The van der Waals surface area contributed by atoms with E-state index in [4.69, 9.17) is 5.73 Å². The molecule has 5 heteroatoms. The van der Waals surface area contributed by atoms with Crippen LogP contribution in [0.15, 0.2) is 6.07 Å². The van der Waals surface area contributed by atoms with E-state index in [1.54, 1.807) is 0 Å². The van der Waals surface area contributed by atoms with Crippen LogP contribution in [-0.2, 0) is 0 Å². The van der Waals surface area contributed by atoms with Crippen molar-refractivity contribution in [1.29, 1.82) is 0 Å². The summed E-state index contributed by atoms with van der Waals surface area (Å²) in [4.78, 5) is 14.9. The summed E-state index contributed by atoms with van der Waals surface area (Å²) in [6.07, 6.45) is 1.50. The summed E-state index contributed by atoms with van der Waals surface area (Å²) in [5, 5.41) is 11.0. The average molecular weight is 282 g/mol. The third-order valence-corrected chi connectivity index (χ3v) is 4.87. The second-order valence-corrected chi connectivity index (χ2v) is 6.90. The highest BCUT2D eigenvalue weighted by Gasteiger charge is 2.29. The van der Waals surface area contributed by atoms with Gasteiger partial charge in [0, 0.05) is 19.0 Å². The van der Waals surface area contributed by atoms with Gasteiger partial charge in [0.25, 0.3) is 0 Å². The number of thiophene rings is 1. The number of Topliss-reactive ketones (excluding diaryl/α,β-unsaturated/α-hetero) is 1. The molecule has 0 amide bonds. The van der Waals surface area contributed by atoms with Crippen LogP contribution in [0.2, 0.25) is 0 Å². The molecule has 0 bridgehead atoms. The quantitative estimate of drug-likeness (QED) is 0.836. The molecule has 3 N–H and O–H groups in total. The summed E-state index contributed by atoms with van der Waals surface area (Å²) in [6.45, 7) is 7.27. The molecule has 2 rings (SSSR count). The van der Waals surface area contributed by atoms with Gasteiger partial charge >= 0.3 is 0 Å². The highest BCUT2D eigenvalue weighted by molar-refractivity contribution is 7.18. The van der Waals surface area contributed by atoms with Crippen molar-refractivity contribution in [1.82, 2.24) is 0 Å². The number of piperidine rings is 1. The molecule has 0 spiro atoms. The van der Waals surface area contributed by atoms with Crippen LogP contribution in [0, 0.1) is 5.92 Å². The molecule has 1 aliphatic heterocycles. The summed E-state index contributed by atoms with van der Waals surface area (Å²) < 4.78 is 0. The number of nitrogens with two attached hydrogens (primary N) is 1. The van der Waals surface area contributed by atoms with Crippen LogP contribution in [0.3, 0.4) is 0 Å². The Morgan fingerprint density at radius 3 is 2.58 bits per heavy atom. The molecule has 1 aliphatic rings. The lowest BCUT2D eigenvalue weighted by Gasteiger charge is -2.36. The Morgan fingerprint density at radius 2 is 2.05 bits per heavy atom. The number of nitrogen functional groups attached to an aromatic ring is 1. The number of ketones is 1. The molecule has 0 aliphatic carbocycles. The van der Waals surface area contributed by atoms with E-state index >= 15 is 0 Å². The van der Waals surface area contributed by atoms with Gasteiger partial charge in [-0.2, -0.15) is 0 Å². The van der Waals surface area contributed by atoms with Crippen molar-refractivity contribution < 1.29 is 9.90 Å². The number of carbonyl (C=O) groups is 1. The molecule has 4 nitrogen and oxygen atoms in total. The van der Waals surface area contributed by atoms with Gasteiger partial charge < -0.3 is 15.7 Å². The molecule has 0 unspecified atom stereocenters. The lowest BCUT2D eigenvalue weighted by atomic mass is 9.94. The Bertz CT molecular complexity index is 470. The predicted molar refractivity (Wildman–Crippen MR) is 80.0 cm³/mol. The first-order valence-electron chi connectivity index (χ1n) is 6.71. The fraction of sp³-hybridized carbons (Fsp3) is 0.643. The fourth-order valence-corrected chi connectivity index (χ4v) is 3.43. The van der Waals surface area contributed by atoms with E-state index < -0.39 is 5.60 Å². The Kier molecular flexibility index (Phi) is 3.87. The molecular formula is C14H22N2O2S. The van der Waals surface area contributed by atoms with Gasteiger partial charge in [-0.3, -0.25) is 4.79 Å². The lowest BCUT2D eigenvalue weighted by Crippen LogP contribution is -2.42. The number of hydrogen-bond donors (Lipinski definition) is 2. The highest BCUT2D eigenvalue weighted by atomic mass is 32.1. The number of rotatable bonds is 3. The minimum Gasteiger partial charge on any atom is -0.397 e. The Labute approximate surface area is 118 Å². The van der Waals surface area contributed by atoms with Gasteiger partial charge in [0.05, 0.1) is 21.2 Å². The maximum atomic E-state index is 12.0. The van der Waals surface area contributed by atoms with E-state index in [0.717, 1.165) is 30.9 Å². The highest BCUT2D eigenvalue weighted by Crippen LogP contribution is 2.36. The first kappa shape index (κ1) is 14.3. The van der Waals surface area contributed by atoms with Crippen LogP contribution in [0.1, 0.15) is 43.3 Å². The summed E-state index contributed by atoms with van der Waals surface area (Å²) >= 11 is 1.47. The van der Waals surface area contributed by atoms with E-state index in [1.165, 1.54) is 11.3 Å². The lowest BCUT2D eigenvalue weighted by molar-refractivity contribution is 0.0352. The van der Waals surface area contributed by atoms with Gasteiger partial charge in [0.1, 0.15) is 0 Å². The van der Waals surface area contributed by atoms with Crippen molar-refractivity contribution in [2.24, 2.45) is 5.92 Å². The smallest absolute Gasteiger partial charge is 0.177 e. The van der Waals surface area contributed by atoms with E-state index in [-0.39, 0.29) is 11.7 Å². The van der Waals surface area contributed by atoms with Crippen molar-refractivity contribution in [3.05, 3.63) is 10.9 Å². The van der Waals surface area contributed by atoms with E-state index in [2.05, 4.69) is 4.90 Å². The number of nitrogens with zero attached hydrogens (tertiary/aromatic N) is 1. The molecule has 2 heterocycles. The topological polar surface area (TPSA) is 66.6 Å². The number of carbonyl (C=O) groups excluding carboxylic acids is 1. The van der Waals surface area contributed by atoms with Crippen LogP contribution in [-0.4, -0.2) is 29.6 Å². The van der Waals surface area contributed by atoms with Crippen LogP contribution in [0.25, 0.3) is 0 Å². The van der Waals surface area contributed by atoms with Crippen LogP contribution in [0.5, 0.6) is 0 Å². The predicted octanol–water partition coefficient (Wildman–Crippen LogP) is 2.52. The Balaban J connectivity index is 2.15. The minimum atomic E-state index is -0.560.